The molecule has 0 aliphatic heterocycles. The first-order valence-electron chi connectivity index (χ1n) is 5.48. The lowest BCUT2D eigenvalue weighted by Crippen LogP contribution is -2.62. The van der Waals surface area contributed by atoms with E-state index in [0.29, 0.717) is 0 Å². The normalized spacial score (nSPS) is 40.0. The first kappa shape index (κ1) is 15.6. The fourth-order valence-corrected chi connectivity index (χ4v) is 4.81. The van der Waals surface area contributed by atoms with E-state index >= 15 is 0 Å². The van der Waals surface area contributed by atoms with Crippen LogP contribution in [-0.4, -0.2) is 19.4 Å². The summed E-state index contributed by atoms with van der Waals surface area (Å²) in [6.45, 7) is 3.80. The molecule has 0 saturated heterocycles. The fraction of sp³-hybridized carbons (Fsp3) is 0.667. The molecule has 0 spiro atoms. The van der Waals surface area contributed by atoms with Gasteiger partial charge < -0.3 is 0 Å². The molecule has 1 saturated carbocycles. The maximum atomic E-state index is 6.43. The van der Waals surface area contributed by atoms with Gasteiger partial charge in [-0.25, -0.2) is 0 Å². The predicted molar refractivity (Wildman–Crippen MR) is 82.7 cm³/mol. The van der Waals surface area contributed by atoms with Crippen molar-refractivity contribution in [1.82, 2.24) is 0 Å². The van der Waals surface area contributed by atoms with Crippen molar-refractivity contribution in [3.8, 4) is 0 Å². The molecule has 102 valence electrons. The molecular weight excluding hydrogens is 357 g/mol. The average molecular weight is 369 g/mol. The van der Waals surface area contributed by atoms with Gasteiger partial charge in [-0.15, -0.1) is 23.2 Å². The minimum Gasteiger partial charge on any atom is -0.119 e. The Morgan fingerprint density at radius 1 is 1.06 bits per heavy atom. The zero-order valence-electron chi connectivity index (χ0n) is 9.73. The van der Waals surface area contributed by atoms with Gasteiger partial charge in [0.2, 0.25) is 0 Å². The molecule has 18 heavy (non-hydrogen) atoms. The Hall–Kier alpha value is 1.22. The topological polar surface area (TPSA) is 0 Å². The Balaban J connectivity index is 2.63. The molecule has 3 unspecified atom stereocenters. The van der Waals surface area contributed by atoms with Crippen LogP contribution in [0.25, 0.3) is 0 Å². The minimum atomic E-state index is -1.48. The molecule has 1 fully saturated rings. The highest BCUT2D eigenvalue weighted by molar-refractivity contribution is 6.65. The van der Waals surface area contributed by atoms with Crippen molar-refractivity contribution in [2.24, 2.45) is 11.3 Å². The number of rotatable bonds is 0. The first-order valence-corrected chi connectivity index (χ1v) is 7.86. The summed E-state index contributed by atoms with van der Waals surface area (Å²) in [5, 5.41) is -0.935. The second-order valence-electron chi connectivity index (χ2n) is 5.20. The molecule has 0 N–H and O–H groups in total. The lowest BCUT2D eigenvalue weighted by molar-refractivity contribution is 0.251. The third-order valence-corrected chi connectivity index (χ3v) is 8.06. The molecule has 3 atom stereocenters. The van der Waals surface area contributed by atoms with Crippen molar-refractivity contribution < 1.29 is 0 Å². The number of hydrogen-bond acceptors (Lipinski definition) is 0. The Kier molecular flexibility index (Phi) is 4.00. The van der Waals surface area contributed by atoms with Crippen molar-refractivity contribution in [3.63, 3.8) is 0 Å². The first-order chi connectivity index (χ1) is 8.05. The van der Waals surface area contributed by atoms with E-state index in [1.54, 1.807) is 0 Å². The number of alkyl halides is 6. The molecule has 0 aromatic carbocycles. The second-order valence-corrected chi connectivity index (χ2v) is 8.89. The zero-order chi connectivity index (χ0) is 13.9. The molecule has 2 aliphatic carbocycles. The number of fused-ring (bicyclic) bond motifs is 1. The molecule has 0 aromatic heterocycles. The van der Waals surface area contributed by atoms with E-state index in [4.69, 9.17) is 69.6 Å². The van der Waals surface area contributed by atoms with Crippen molar-refractivity contribution in [3.05, 3.63) is 23.8 Å². The van der Waals surface area contributed by atoms with Crippen LogP contribution in [0, 0.1) is 11.3 Å². The fourth-order valence-electron chi connectivity index (χ4n) is 2.61. The third-order valence-electron chi connectivity index (χ3n) is 3.86. The monoisotopic (exact) mass is 366 g/mol. The Morgan fingerprint density at radius 3 is 2.17 bits per heavy atom. The van der Waals surface area contributed by atoms with Crippen molar-refractivity contribution >= 4 is 69.6 Å². The lowest BCUT2D eigenvalue weighted by Gasteiger charge is -2.56. The largest absolute Gasteiger partial charge is 0.168 e. The van der Waals surface area contributed by atoms with Crippen molar-refractivity contribution in [1.29, 1.82) is 0 Å². The van der Waals surface area contributed by atoms with Gasteiger partial charge in [0.15, 0.2) is 8.67 Å². The maximum absolute atomic E-state index is 6.43. The predicted octanol–water partition coefficient (Wildman–Crippen LogP) is 5.70. The molecule has 0 heterocycles. The Morgan fingerprint density at radius 2 is 1.61 bits per heavy atom. The van der Waals surface area contributed by atoms with Gasteiger partial charge in [0.1, 0.15) is 0 Å². The second kappa shape index (κ2) is 4.61. The highest BCUT2D eigenvalue weighted by Crippen LogP contribution is 2.66. The van der Waals surface area contributed by atoms with Gasteiger partial charge in [-0.05, 0) is 0 Å². The Labute approximate surface area is 137 Å². The molecule has 0 radical (unpaired) electrons. The van der Waals surface area contributed by atoms with Crippen LogP contribution >= 0.6 is 69.6 Å². The molecule has 0 aromatic rings. The molecular formula is C12H12Cl6. The van der Waals surface area contributed by atoms with Gasteiger partial charge in [-0.1, -0.05) is 84.1 Å². The van der Waals surface area contributed by atoms with Crippen LogP contribution in [-0.2, 0) is 0 Å². The van der Waals surface area contributed by atoms with Crippen LogP contribution in [0.1, 0.15) is 13.8 Å². The summed E-state index contributed by atoms with van der Waals surface area (Å²) >= 11 is 38.3. The summed E-state index contributed by atoms with van der Waals surface area (Å²) in [5.74, 6) is -0.186. The van der Waals surface area contributed by atoms with Crippen LogP contribution in [0.5, 0.6) is 0 Å². The summed E-state index contributed by atoms with van der Waals surface area (Å²) in [6.07, 6.45) is 5.69. The number of allylic oxidation sites excluding steroid dienone is 4. The van der Waals surface area contributed by atoms with Gasteiger partial charge in [0.25, 0.3) is 0 Å². The average Bonchev–Trinajstić information content (AvgIpc) is 2.25. The molecule has 0 nitrogen and oxygen atoms in total. The van der Waals surface area contributed by atoms with Crippen LogP contribution in [0.15, 0.2) is 23.8 Å². The molecule has 2 aliphatic rings. The SMILES string of the molecule is CC1(C)C2=CC=CC(Cl)C2C(Cl)C(Cl)(Cl)C1(Cl)Cl. The number of hydrogen-bond donors (Lipinski definition) is 0. The minimum absolute atomic E-state index is 0.186. The van der Waals surface area contributed by atoms with E-state index in [1.807, 2.05) is 32.1 Å². The van der Waals surface area contributed by atoms with E-state index in [9.17, 15) is 0 Å². The van der Waals surface area contributed by atoms with Crippen LogP contribution < -0.4 is 0 Å². The van der Waals surface area contributed by atoms with Crippen LogP contribution in [0.3, 0.4) is 0 Å². The smallest absolute Gasteiger partial charge is 0.119 e. The van der Waals surface area contributed by atoms with Gasteiger partial charge in [0.05, 0.1) is 10.8 Å². The van der Waals surface area contributed by atoms with E-state index in [0.717, 1.165) is 5.57 Å². The van der Waals surface area contributed by atoms with Crippen molar-refractivity contribution in [2.45, 2.75) is 33.3 Å². The van der Waals surface area contributed by atoms with E-state index in [-0.39, 0.29) is 11.3 Å². The van der Waals surface area contributed by atoms with Gasteiger partial charge >= 0.3 is 0 Å². The highest BCUT2D eigenvalue weighted by atomic mass is 35.5. The zero-order valence-corrected chi connectivity index (χ0v) is 14.3. The summed E-state index contributed by atoms with van der Waals surface area (Å²) in [7, 11) is 0. The molecule has 6 heteroatoms. The third kappa shape index (κ3) is 1.87. The Bertz CT molecular complexity index is 420. The van der Waals surface area contributed by atoms with E-state index in [2.05, 4.69) is 0 Å². The van der Waals surface area contributed by atoms with Crippen LogP contribution in [0.2, 0.25) is 0 Å². The molecule has 2 rings (SSSR count). The lowest BCUT2D eigenvalue weighted by atomic mass is 9.64. The van der Waals surface area contributed by atoms with Gasteiger partial charge in [-0.2, -0.15) is 0 Å². The highest BCUT2D eigenvalue weighted by Gasteiger charge is 2.68. The summed E-state index contributed by atoms with van der Waals surface area (Å²) < 4.78 is -2.89. The van der Waals surface area contributed by atoms with Crippen LogP contribution in [0.4, 0.5) is 0 Å². The van der Waals surface area contributed by atoms with Gasteiger partial charge in [0, 0.05) is 11.3 Å². The summed E-state index contributed by atoms with van der Waals surface area (Å²) in [4.78, 5) is 0. The molecule has 0 amide bonds. The van der Waals surface area contributed by atoms with E-state index in [1.165, 1.54) is 0 Å². The summed E-state index contributed by atoms with van der Waals surface area (Å²) in [6, 6.07) is 0. The van der Waals surface area contributed by atoms with E-state index < -0.39 is 19.5 Å². The quantitative estimate of drug-likeness (QED) is 0.481. The maximum Gasteiger partial charge on any atom is 0.168 e. The summed E-state index contributed by atoms with van der Waals surface area (Å²) in [5.41, 5.74) is 0.347. The number of halogens is 6. The molecule has 0 bridgehead atoms. The van der Waals surface area contributed by atoms with Gasteiger partial charge in [-0.3, -0.25) is 0 Å². The van der Waals surface area contributed by atoms with Crippen molar-refractivity contribution in [2.75, 3.05) is 0 Å². The standard InChI is InChI=1S/C12H12Cl6/c1-10(2)6-4-3-5-7(13)8(6)9(14)11(15,16)12(10,17)18/h3-5,7-9H,1-2H3.